The van der Waals surface area contributed by atoms with Gasteiger partial charge in [0.1, 0.15) is 6.10 Å². The van der Waals surface area contributed by atoms with Crippen molar-refractivity contribution in [3.05, 3.63) is 35.9 Å². The van der Waals surface area contributed by atoms with Gasteiger partial charge in [0.05, 0.1) is 13.2 Å². The molecule has 0 radical (unpaired) electrons. The second-order valence-electron chi connectivity index (χ2n) is 5.50. The lowest BCUT2D eigenvalue weighted by Crippen LogP contribution is -2.23. The molecule has 0 aromatic heterocycles. The summed E-state index contributed by atoms with van der Waals surface area (Å²) in [6.07, 6.45) is 5.32. The van der Waals surface area contributed by atoms with Gasteiger partial charge in [-0.05, 0) is 30.2 Å². The summed E-state index contributed by atoms with van der Waals surface area (Å²) in [5.74, 6) is -0.181. The topological polar surface area (TPSA) is 55.8 Å². The first-order valence-electron chi connectivity index (χ1n) is 7.59. The molecule has 2 heterocycles. The molecule has 1 aromatic rings. The lowest BCUT2D eigenvalue weighted by molar-refractivity contribution is -0.142. The second-order valence-corrected chi connectivity index (χ2v) is 5.50. The minimum atomic E-state index is -0.353. The van der Waals surface area contributed by atoms with Gasteiger partial charge in [0.15, 0.2) is 0 Å². The Hall–Kier alpha value is -2.14. The summed E-state index contributed by atoms with van der Waals surface area (Å²) < 4.78 is 10.4. The van der Waals surface area contributed by atoms with Gasteiger partial charge in [0.2, 0.25) is 5.91 Å². The van der Waals surface area contributed by atoms with Crippen LogP contribution in [0.3, 0.4) is 0 Å². The number of ether oxygens (including phenoxy) is 2. The lowest BCUT2D eigenvalue weighted by Gasteiger charge is -2.15. The summed E-state index contributed by atoms with van der Waals surface area (Å²) in [7, 11) is 0. The first kappa shape index (κ1) is 14.8. The summed E-state index contributed by atoms with van der Waals surface area (Å²) in [5, 5.41) is 0. The average Bonchev–Trinajstić information content (AvgIpc) is 3.17. The van der Waals surface area contributed by atoms with Crippen molar-refractivity contribution in [2.75, 3.05) is 24.7 Å². The number of carbonyl (C=O) groups excluding carboxylic acids is 2. The molecule has 0 bridgehead atoms. The fourth-order valence-corrected chi connectivity index (χ4v) is 2.66. The van der Waals surface area contributed by atoms with Crippen molar-refractivity contribution in [3.8, 4) is 0 Å². The second kappa shape index (κ2) is 6.75. The molecule has 3 rings (SSSR count). The van der Waals surface area contributed by atoms with Crippen LogP contribution in [0.5, 0.6) is 0 Å². The van der Waals surface area contributed by atoms with Gasteiger partial charge in [0, 0.05) is 31.1 Å². The number of amides is 1. The molecule has 0 saturated carbocycles. The molecule has 0 aliphatic carbocycles. The van der Waals surface area contributed by atoms with Gasteiger partial charge in [-0.3, -0.25) is 4.79 Å². The molecule has 22 heavy (non-hydrogen) atoms. The van der Waals surface area contributed by atoms with E-state index in [0.717, 1.165) is 30.6 Å². The zero-order valence-corrected chi connectivity index (χ0v) is 12.4. The highest BCUT2D eigenvalue weighted by molar-refractivity contribution is 5.95. The third kappa shape index (κ3) is 3.54. The first-order valence-corrected chi connectivity index (χ1v) is 7.59. The Morgan fingerprint density at radius 3 is 2.77 bits per heavy atom. The van der Waals surface area contributed by atoms with Crippen LogP contribution in [-0.4, -0.2) is 37.7 Å². The minimum Gasteiger partial charge on any atom is -0.457 e. The minimum absolute atomic E-state index is 0.124. The van der Waals surface area contributed by atoms with Crippen LogP contribution in [0.2, 0.25) is 0 Å². The number of rotatable bonds is 4. The number of carbonyl (C=O) groups is 2. The Balaban J connectivity index is 1.57. The monoisotopic (exact) mass is 301 g/mol. The van der Waals surface area contributed by atoms with Crippen LogP contribution in [0, 0.1) is 0 Å². The zero-order chi connectivity index (χ0) is 15.4. The van der Waals surface area contributed by atoms with E-state index in [1.54, 1.807) is 11.0 Å². The van der Waals surface area contributed by atoms with Crippen LogP contribution in [0.25, 0.3) is 6.08 Å². The smallest absolute Gasteiger partial charge is 0.331 e. The molecule has 2 fully saturated rings. The van der Waals surface area contributed by atoms with E-state index in [-0.39, 0.29) is 18.0 Å². The Morgan fingerprint density at radius 1 is 1.32 bits per heavy atom. The molecule has 2 saturated heterocycles. The summed E-state index contributed by atoms with van der Waals surface area (Å²) in [6, 6.07) is 7.59. The molecule has 0 N–H and O–H groups in total. The van der Waals surface area contributed by atoms with E-state index in [2.05, 4.69) is 0 Å². The highest BCUT2D eigenvalue weighted by atomic mass is 16.6. The summed E-state index contributed by atoms with van der Waals surface area (Å²) in [4.78, 5) is 25.1. The number of benzene rings is 1. The zero-order valence-electron chi connectivity index (χ0n) is 12.4. The van der Waals surface area contributed by atoms with E-state index in [1.807, 2.05) is 24.3 Å². The molecular formula is C17H19NO4. The Bertz CT molecular complexity index is 573. The fraction of sp³-hybridized carbons (Fsp3) is 0.412. The van der Waals surface area contributed by atoms with Crippen LogP contribution < -0.4 is 4.90 Å². The molecule has 1 amide bonds. The van der Waals surface area contributed by atoms with Crippen molar-refractivity contribution >= 4 is 23.6 Å². The summed E-state index contributed by atoms with van der Waals surface area (Å²) >= 11 is 0. The van der Waals surface area contributed by atoms with Gasteiger partial charge in [-0.2, -0.15) is 0 Å². The molecule has 1 aromatic carbocycles. The number of hydrogen-bond donors (Lipinski definition) is 0. The molecule has 5 heteroatoms. The van der Waals surface area contributed by atoms with Crippen molar-refractivity contribution in [1.82, 2.24) is 0 Å². The van der Waals surface area contributed by atoms with Crippen molar-refractivity contribution in [3.63, 3.8) is 0 Å². The maximum Gasteiger partial charge on any atom is 0.331 e. The van der Waals surface area contributed by atoms with Crippen LogP contribution in [0.15, 0.2) is 30.3 Å². The van der Waals surface area contributed by atoms with E-state index in [9.17, 15) is 9.59 Å². The Labute approximate surface area is 129 Å². The van der Waals surface area contributed by atoms with Gasteiger partial charge in [0.25, 0.3) is 0 Å². The number of anilines is 1. The van der Waals surface area contributed by atoms with Crippen molar-refractivity contribution in [2.24, 2.45) is 0 Å². The molecule has 2 aliphatic heterocycles. The largest absolute Gasteiger partial charge is 0.457 e. The van der Waals surface area contributed by atoms with Crippen LogP contribution in [0.1, 0.15) is 24.8 Å². The van der Waals surface area contributed by atoms with Gasteiger partial charge < -0.3 is 14.4 Å². The van der Waals surface area contributed by atoms with E-state index >= 15 is 0 Å². The molecule has 116 valence electrons. The molecule has 2 aliphatic rings. The van der Waals surface area contributed by atoms with Gasteiger partial charge in [-0.15, -0.1) is 0 Å². The van der Waals surface area contributed by atoms with Gasteiger partial charge >= 0.3 is 5.97 Å². The van der Waals surface area contributed by atoms with E-state index in [0.29, 0.717) is 19.6 Å². The first-order chi connectivity index (χ1) is 10.7. The maximum absolute atomic E-state index is 11.7. The SMILES string of the molecule is O=C(C=Cc1ccc(N2CCCC2=O)cc1)OC1CCOC1. The van der Waals surface area contributed by atoms with Gasteiger partial charge in [-0.1, -0.05) is 12.1 Å². The van der Waals surface area contributed by atoms with Crippen LogP contribution in [-0.2, 0) is 19.1 Å². The number of esters is 1. The third-order valence-corrected chi connectivity index (χ3v) is 3.86. The van der Waals surface area contributed by atoms with Crippen molar-refractivity contribution < 1.29 is 19.1 Å². The molecule has 0 spiro atoms. The molecule has 5 nitrogen and oxygen atoms in total. The number of hydrogen-bond acceptors (Lipinski definition) is 4. The van der Waals surface area contributed by atoms with Gasteiger partial charge in [-0.25, -0.2) is 4.79 Å². The van der Waals surface area contributed by atoms with Crippen LogP contribution >= 0.6 is 0 Å². The summed E-state index contributed by atoms with van der Waals surface area (Å²) in [5.41, 5.74) is 1.81. The Kier molecular flexibility index (Phi) is 4.53. The maximum atomic E-state index is 11.7. The predicted molar refractivity (Wildman–Crippen MR) is 82.4 cm³/mol. The van der Waals surface area contributed by atoms with E-state index < -0.39 is 0 Å². The fourth-order valence-electron chi connectivity index (χ4n) is 2.66. The highest BCUT2D eigenvalue weighted by Crippen LogP contribution is 2.22. The third-order valence-electron chi connectivity index (χ3n) is 3.86. The normalized spacial score (nSPS) is 21.7. The average molecular weight is 301 g/mol. The van der Waals surface area contributed by atoms with E-state index in [1.165, 1.54) is 6.08 Å². The molecule has 1 unspecified atom stereocenters. The predicted octanol–water partition coefficient (Wildman–Crippen LogP) is 2.16. The van der Waals surface area contributed by atoms with Crippen molar-refractivity contribution in [2.45, 2.75) is 25.4 Å². The lowest BCUT2D eigenvalue weighted by atomic mass is 10.2. The molecule has 1 atom stereocenters. The van der Waals surface area contributed by atoms with Crippen molar-refractivity contribution in [1.29, 1.82) is 0 Å². The van der Waals surface area contributed by atoms with E-state index in [4.69, 9.17) is 9.47 Å². The standard InChI is InChI=1S/C17H19NO4/c19-16-2-1-10-18(16)14-6-3-13(4-7-14)5-8-17(20)22-15-9-11-21-12-15/h3-8,15H,1-2,9-12H2. The molecular weight excluding hydrogens is 282 g/mol. The quantitative estimate of drug-likeness (QED) is 0.631. The Morgan fingerprint density at radius 2 is 2.14 bits per heavy atom. The van der Waals surface area contributed by atoms with Crippen LogP contribution in [0.4, 0.5) is 5.69 Å². The number of nitrogens with zero attached hydrogens (tertiary/aromatic N) is 1. The highest BCUT2D eigenvalue weighted by Gasteiger charge is 2.21. The summed E-state index contributed by atoms with van der Waals surface area (Å²) in [6.45, 7) is 1.92.